The predicted octanol–water partition coefficient (Wildman–Crippen LogP) is 2.00. The Morgan fingerprint density at radius 1 is 1.05 bits per heavy atom. The Hall–Kier alpha value is -1.74. The van der Waals surface area contributed by atoms with Crippen LogP contribution in [0.25, 0.3) is 0 Å². The number of rotatable bonds is 1. The second-order valence-corrected chi connectivity index (χ2v) is 5.50. The third-order valence-electron chi connectivity index (χ3n) is 4.24. The molecule has 2 aromatic rings. The number of benzene rings is 1. The Balaban J connectivity index is 1.64. The number of aromatic nitrogens is 2. The minimum atomic E-state index is 0.470. The van der Waals surface area contributed by atoms with Crippen molar-refractivity contribution in [3.8, 4) is 0 Å². The van der Waals surface area contributed by atoms with Gasteiger partial charge >= 0.3 is 0 Å². The van der Waals surface area contributed by atoms with Crippen LogP contribution in [0.5, 0.6) is 0 Å². The van der Waals surface area contributed by atoms with E-state index in [1.807, 2.05) is 6.20 Å². The van der Waals surface area contributed by atoms with Gasteiger partial charge in [0.25, 0.3) is 0 Å². The van der Waals surface area contributed by atoms with Gasteiger partial charge < -0.3 is 5.32 Å². The maximum Gasteiger partial charge on any atom is 0.132 e. The molecule has 19 heavy (non-hydrogen) atoms. The molecule has 1 aliphatic carbocycles. The van der Waals surface area contributed by atoms with Gasteiger partial charge in [-0.15, -0.1) is 0 Å². The first-order valence-electron chi connectivity index (χ1n) is 7.02. The van der Waals surface area contributed by atoms with Gasteiger partial charge in [-0.05, 0) is 24.0 Å². The molecule has 0 atom stereocenters. The van der Waals surface area contributed by atoms with E-state index in [0.717, 1.165) is 38.2 Å². The smallest absolute Gasteiger partial charge is 0.132 e. The van der Waals surface area contributed by atoms with E-state index in [1.165, 1.54) is 22.4 Å². The van der Waals surface area contributed by atoms with Gasteiger partial charge in [0, 0.05) is 42.9 Å². The zero-order valence-electron chi connectivity index (χ0n) is 10.9. The maximum atomic E-state index is 4.83. The fourth-order valence-electron chi connectivity index (χ4n) is 3.19. The quantitative estimate of drug-likeness (QED) is 0.842. The fourth-order valence-corrected chi connectivity index (χ4v) is 3.19. The molecule has 0 saturated heterocycles. The minimum absolute atomic E-state index is 0.470. The monoisotopic (exact) mass is 251 g/mol. The minimum Gasteiger partial charge on any atom is -0.312 e. The van der Waals surface area contributed by atoms with Gasteiger partial charge in [0.2, 0.25) is 0 Å². The van der Waals surface area contributed by atoms with Crippen LogP contribution in [0.15, 0.2) is 30.5 Å². The topological polar surface area (TPSA) is 37.8 Å². The van der Waals surface area contributed by atoms with Crippen molar-refractivity contribution in [2.45, 2.75) is 31.7 Å². The van der Waals surface area contributed by atoms with Crippen molar-refractivity contribution in [1.82, 2.24) is 15.3 Å². The van der Waals surface area contributed by atoms with Crippen LogP contribution in [0.1, 0.15) is 34.1 Å². The molecule has 0 unspecified atom stereocenters. The van der Waals surface area contributed by atoms with E-state index < -0.39 is 0 Å². The van der Waals surface area contributed by atoms with E-state index in [1.54, 1.807) is 0 Å². The molecule has 2 heterocycles. The van der Waals surface area contributed by atoms with E-state index in [-0.39, 0.29) is 0 Å². The molecule has 3 nitrogen and oxygen atoms in total. The summed E-state index contributed by atoms with van der Waals surface area (Å²) in [5.41, 5.74) is 5.45. The van der Waals surface area contributed by atoms with Gasteiger partial charge in [0.1, 0.15) is 5.82 Å². The number of hydrogen-bond acceptors (Lipinski definition) is 3. The van der Waals surface area contributed by atoms with Gasteiger partial charge in [-0.2, -0.15) is 0 Å². The number of nitrogens with one attached hydrogen (secondary N) is 1. The van der Waals surface area contributed by atoms with Crippen molar-refractivity contribution >= 4 is 0 Å². The van der Waals surface area contributed by atoms with Crippen LogP contribution in [0.3, 0.4) is 0 Å². The van der Waals surface area contributed by atoms with E-state index in [4.69, 9.17) is 4.98 Å². The number of nitrogens with zero attached hydrogens (tertiary/aromatic N) is 2. The van der Waals surface area contributed by atoms with Crippen LogP contribution in [0.2, 0.25) is 0 Å². The highest BCUT2D eigenvalue weighted by Crippen LogP contribution is 2.32. The lowest BCUT2D eigenvalue weighted by molar-refractivity contribution is 0.603. The highest BCUT2D eigenvalue weighted by atomic mass is 14.9. The van der Waals surface area contributed by atoms with Gasteiger partial charge in [-0.1, -0.05) is 24.3 Å². The van der Waals surface area contributed by atoms with E-state index in [9.17, 15) is 0 Å². The van der Waals surface area contributed by atoms with Crippen LogP contribution in [0, 0.1) is 0 Å². The van der Waals surface area contributed by atoms with Crippen LogP contribution in [-0.2, 0) is 25.8 Å². The van der Waals surface area contributed by atoms with Gasteiger partial charge in [-0.25, -0.2) is 9.97 Å². The summed E-state index contributed by atoms with van der Waals surface area (Å²) < 4.78 is 0. The number of fused-ring (bicyclic) bond motifs is 2. The molecule has 2 aliphatic rings. The molecule has 0 fully saturated rings. The molecular formula is C16H17N3. The van der Waals surface area contributed by atoms with Gasteiger partial charge in [0.05, 0.1) is 0 Å². The Labute approximate surface area is 113 Å². The highest BCUT2D eigenvalue weighted by Gasteiger charge is 2.25. The van der Waals surface area contributed by atoms with Crippen LogP contribution < -0.4 is 5.32 Å². The highest BCUT2D eigenvalue weighted by molar-refractivity contribution is 5.35. The summed E-state index contributed by atoms with van der Waals surface area (Å²) in [5.74, 6) is 1.51. The Morgan fingerprint density at radius 2 is 1.84 bits per heavy atom. The molecular weight excluding hydrogens is 234 g/mol. The molecule has 0 saturated carbocycles. The Kier molecular flexibility index (Phi) is 2.59. The Morgan fingerprint density at radius 3 is 2.63 bits per heavy atom. The zero-order chi connectivity index (χ0) is 12.7. The molecule has 1 aromatic carbocycles. The lowest BCUT2D eigenvalue weighted by Gasteiger charge is -2.17. The van der Waals surface area contributed by atoms with Crippen LogP contribution >= 0.6 is 0 Å². The molecule has 1 N–H and O–H groups in total. The SMILES string of the molecule is c1ccc2c(c1)CC(c1ncc3c(n1)CCNC3)C2. The van der Waals surface area contributed by atoms with Crippen LogP contribution in [0.4, 0.5) is 0 Å². The van der Waals surface area contributed by atoms with E-state index in [2.05, 4.69) is 34.6 Å². The summed E-state index contributed by atoms with van der Waals surface area (Å²) in [6.45, 7) is 1.95. The molecule has 0 spiro atoms. The molecule has 0 radical (unpaired) electrons. The van der Waals surface area contributed by atoms with Gasteiger partial charge in [0.15, 0.2) is 0 Å². The van der Waals surface area contributed by atoms with Crippen molar-refractivity contribution in [2.24, 2.45) is 0 Å². The van der Waals surface area contributed by atoms with Crippen molar-refractivity contribution in [2.75, 3.05) is 6.54 Å². The van der Waals surface area contributed by atoms with Crippen molar-refractivity contribution < 1.29 is 0 Å². The first kappa shape index (κ1) is 11.1. The summed E-state index contributed by atoms with van der Waals surface area (Å²) in [7, 11) is 0. The average molecular weight is 251 g/mol. The molecule has 96 valence electrons. The molecule has 0 amide bonds. The fraction of sp³-hybridized carbons (Fsp3) is 0.375. The second kappa shape index (κ2) is 4.42. The van der Waals surface area contributed by atoms with Crippen molar-refractivity contribution in [3.05, 3.63) is 58.7 Å². The van der Waals surface area contributed by atoms with Crippen molar-refractivity contribution in [1.29, 1.82) is 0 Å². The summed E-state index contributed by atoms with van der Waals surface area (Å²) >= 11 is 0. The molecule has 3 heteroatoms. The lowest BCUT2D eigenvalue weighted by atomic mass is 10.0. The first-order chi connectivity index (χ1) is 9.40. The first-order valence-corrected chi connectivity index (χ1v) is 7.02. The van der Waals surface area contributed by atoms with E-state index in [0.29, 0.717) is 5.92 Å². The third kappa shape index (κ3) is 1.94. The summed E-state index contributed by atoms with van der Waals surface area (Å²) in [5, 5.41) is 3.36. The molecule has 4 rings (SSSR count). The molecule has 1 aliphatic heterocycles. The average Bonchev–Trinajstić information content (AvgIpc) is 2.90. The van der Waals surface area contributed by atoms with Crippen LogP contribution in [-0.4, -0.2) is 16.5 Å². The normalized spacial score (nSPS) is 18.1. The maximum absolute atomic E-state index is 4.83. The number of hydrogen-bond donors (Lipinski definition) is 1. The summed E-state index contributed by atoms with van der Waals surface area (Å²) in [6, 6.07) is 8.72. The van der Waals surface area contributed by atoms with Crippen molar-refractivity contribution in [3.63, 3.8) is 0 Å². The largest absolute Gasteiger partial charge is 0.312 e. The molecule has 0 bridgehead atoms. The second-order valence-electron chi connectivity index (χ2n) is 5.50. The predicted molar refractivity (Wildman–Crippen MR) is 74.0 cm³/mol. The summed E-state index contributed by atoms with van der Waals surface area (Å²) in [6.07, 6.45) is 5.23. The molecule has 1 aromatic heterocycles. The zero-order valence-corrected chi connectivity index (χ0v) is 10.9. The van der Waals surface area contributed by atoms with E-state index >= 15 is 0 Å². The standard InChI is InChI=1S/C16H17N3/c1-2-4-12-8-13(7-11(12)3-1)16-18-10-14-9-17-6-5-15(14)19-16/h1-4,10,13,17H,5-9H2. The summed E-state index contributed by atoms with van der Waals surface area (Å²) in [4.78, 5) is 9.43. The Bertz CT molecular complexity index is 596. The lowest BCUT2D eigenvalue weighted by Crippen LogP contribution is -2.25. The van der Waals surface area contributed by atoms with Gasteiger partial charge in [-0.3, -0.25) is 0 Å². The third-order valence-corrected chi connectivity index (χ3v) is 4.24.